The molecule has 6 heteroatoms. The van der Waals surface area contributed by atoms with E-state index in [0.29, 0.717) is 0 Å². The minimum Gasteiger partial charge on any atom is -0.269 e. The summed E-state index contributed by atoms with van der Waals surface area (Å²) >= 11 is 0. The highest BCUT2D eigenvalue weighted by Crippen LogP contribution is 1.85. The van der Waals surface area contributed by atoms with Crippen LogP contribution in [0.4, 0.5) is 27.6 Å². The Labute approximate surface area is 74.1 Å². The monoisotopic (exact) mass is 214 g/mol. The SMILES string of the molecule is C=C.C=C(F)F.C=CC.F.F.F.F. The molecule has 0 saturated heterocycles. The number of hydrogen-bond donors (Lipinski definition) is 0. The van der Waals surface area contributed by atoms with Gasteiger partial charge in [0.05, 0.1) is 0 Å². The largest absolute Gasteiger partial charge is 0.269 e. The smallest absolute Gasteiger partial charge is 0.263 e. The van der Waals surface area contributed by atoms with Crippen molar-refractivity contribution in [1.29, 1.82) is 0 Å². The summed E-state index contributed by atoms with van der Waals surface area (Å²) in [5, 5.41) is 0. The highest BCUT2D eigenvalue weighted by Gasteiger charge is 1.65. The maximum atomic E-state index is 10.1. The molecule has 0 amide bonds. The summed E-state index contributed by atoms with van der Waals surface area (Å²) in [7, 11) is 0. The Kier molecular flexibility index (Phi) is 608. The van der Waals surface area contributed by atoms with Crippen molar-refractivity contribution in [2.24, 2.45) is 0 Å². The third kappa shape index (κ3) is 581. The Morgan fingerprint density at radius 3 is 1.00 bits per heavy atom. The highest BCUT2D eigenvalue weighted by atomic mass is 19.3. The zero-order chi connectivity index (χ0) is 8.28. The molecule has 86 valence electrons. The lowest BCUT2D eigenvalue weighted by atomic mass is 10.8. The third-order valence-electron chi connectivity index (χ3n) is 0. The van der Waals surface area contributed by atoms with Gasteiger partial charge >= 0.3 is 0 Å². The van der Waals surface area contributed by atoms with Crippen molar-refractivity contribution in [2.45, 2.75) is 6.92 Å². The van der Waals surface area contributed by atoms with Gasteiger partial charge in [-0.15, -0.1) is 19.7 Å². The Balaban J connectivity index is -0.00000000749. The normalized spacial score (nSPS) is 3.31. The zero-order valence-electron chi connectivity index (χ0n) is 7.29. The van der Waals surface area contributed by atoms with Gasteiger partial charge in [-0.25, -0.2) is 0 Å². The first kappa shape index (κ1) is 59.7. The summed E-state index contributed by atoms with van der Waals surface area (Å²) in [6.45, 7) is 13.5. The Morgan fingerprint density at radius 2 is 1.00 bits per heavy atom. The molecule has 0 aromatic rings. The van der Waals surface area contributed by atoms with Crippen LogP contribution in [0.25, 0.3) is 0 Å². The molecule has 0 N–H and O–H groups in total. The van der Waals surface area contributed by atoms with Crippen LogP contribution in [-0.4, -0.2) is 0 Å². The lowest BCUT2D eigenvalue weighted by Gasteiger charge is -1.54. The summed E-state index contributed by atoms with van der Waals surface area (Å²) in [4.78, 5) is 0. The summed E-state index contributed by atoms with van der Waals surface area (Å²) in [6, 6.07) is 0. The van der Waals surface area contributed by atoms with Crippen LogP contribution in [0.2, 0.25) is 0 Å². The van der Waals surface area contributed by atoms with Crippen LogP contribution in [0.15, 0.2) is 38.5 Å². The predicted molar refractivity (Wildman–Crippen MR) is 48.5 cm³/mol. The number of halogens is 6. The average Bonchev–Trinajstić information content (AvgIpc) is 1.71. The molecule has 0 saturated carbocycles. The topological polar surface area (TPSA) is 0 Å². The van der Waals surface area contributed by atoms with E-state index < -0.39 is 6.08 Å². The molecule has 0 heterocycles. The molecular formula is C7H16F6. The van der Waals surface area contributed by atoms with E-state index in [2.05, 4.69) is 26.3 Å². The molecule has 0 bridgehead atoms. The van der Waals surface area contributed by atoms with Gasteiger partial charge < -0.3 is 0 Å². The minimum atomic E-state index is -1.83. The fourth-order valence-electron chi connectivity index (χ4n) is 0. The first-order valence-electron chi connectivity index (χ1n) is 2.22. The van der Waals surface area contributed by atoms with E-state index in [-0.39, 0.29) is 18.8 Å². The Bertz CT molecular complexity index is 69.4. The van der Waals surface area contributed by atoms with Gasteiger partial charge in [0.15, 0.2) is 0 Å². The molecule has 0 spiro atoms. The molecule has 13 heavy (non-hydrogen) atoms. The van der Waals surface area contributed by atoms with Gasteiger partial charge in [0, 0.05) is 0 Å². The van der Waals surface area contributed by atoms with Crippen molar-refractivity contribution in [2.75, 3.05) is 0 Å². The second-order valence-corrected chi connectivity index (χ2v) is 0.747. The summed E-state index contributed by atoms with van der Waals surface area (Å²) in [5.41, 5.74) is 0. The molecule has 0 fully saturated rings. The molecule has 0 aliphatic heterocycles. The molecule has 0 radical (unpaired) electrons. The van der Waals surface area contributed by atoms with Crippen molar-refractivity contribution in [3.8, 4) is 0 Å². The maximum Gasteiger partial charge on any atom is 0.263 e. The van der Waals surface area contributed by atoms with Crippen LogP contribution in [0.3, 0.4) is 0 Å². The maximum absolute atomic E-state index is 10.1. The van der Waals surface area contributed by atoms with E-state index in [9.17, 15) is 8.78 Å². The molecule has 0 aromatic heterocycles. The Hall–Kier alpha value is -1.20. The minimum absolute atomic E-state index is 0. The third-order valence-corrected chi connectivity index (χ3v) is 0. The van der Waals surface area contributed by atoms with Crippen molar-refractivity contribution in [1.82, 2.24) is 0 Å². The summed E-state index contributed by atoms with van der Waals surface area (Å²) < 4.78 is 20.3. The molecule has 0 atom stereocenters. The van der Waals surface area contributed by atoms with Gasteiger partial charge in [-0.3, -0.25) is 18.8 Å². The molecule has 0 aliphatic carbocycles. The van der Waals surface area contributed by atoms with Crippen LogP contribution >= 0.6 is 0 Å². The van der Waals surface area contributed by atoms with Crippen LogP contribution in [0, 0.1) is 0 Å². The molecular weight excluding hydrogens is 198 g/mol. The molecule has 0 aliphatic rings. The number of allylic oxidation sites excluding steroid dienone is 1. The van der Waals surface area contributed by atoms with Crippen molar-refractivity contribution < 1.29 is 27.6 Å². The lowest BCUT2D eigenvalue weighted by Crippen LogP contribution is -1.33. The van der Waals surface area contributed by atoms with E-state index >= 15 is 0 Å². The molecule has 0 unspecified atom stereocenters. The van der Waals surface area contributed by atoms with E-state index in [1.54, 1.807) is 6.08 Å². The van der Waals surface area contributed by atoms with Crippen LogP contribution < -0.4 is 0 Å². The standard InChI is InChI=1S/C3H6.C2H2F2.C2H4.4FH/c1-3-2;1-2(3)4;1-2;;;;/h3H,1H2,2H3;1H2;1-2H2;4*1H. The molecule has 0 nitrogen and oxygen atoms in total. The fourth-order valence-corrected chi connectivity index (χ4v) is 0. The molecule has 0 aromatic carbocycles. The summed E-state index contributed by atoms with van der Waals surface area (Å²) in [6.07, 6.45) is -0.0833. The van der Waals surface area contributed by atoms with Gasteiger partial charge in [-0.05, 0) is 13.5 Å². The second kappa shape index (κ2) is 132. The van der Waals surface area contributed by atoms with E-state index in [1.165, 1.54) is 0 Å². The Morgan fingerprint density at radius 1 is 1.00 bits per heavy atom. The second-order valence-electron chi connectivity index (χ2n) is 0.747. The fraction of sp³-hybridized carbons (Fsp3) is 0.143. The van der Waals surface area contributed by atoms with E-state index in [0.717, 1.165) is 0 Å². The first-order valence-corrected chi connectivity index (χ1v) is 2.22. The van der Waals surface area contributed by atoms with E-state index in [4.69, 9.17) is 0 Å². The van der Waals surface area contributed by atoms with Crippen molar-refractivity contribution >= 4 is 0 Å². The van der Waals surface area contributed by atoms with Crippen LogP contribution in [-0.2, 0) is 0 Å². The van der Waals surface area contributed by atoms with Gasteiger partial charge in [-0.2, -0.15) is 8.78 Å². The molecule has 0 rings (SSSR count). The van der Waals surface area contributed by atoms with Gasteiger partial charge in [0.1, 0.15) is 0 Å². The quantitative estimate of drug-likeness (QED) is 0.422. The predicted octanol–water partition coefficient (Wildman–Crippen LogP) is 4.00. The van der Waals surface area contributed by atoms with Crippen LogP contribution in [0.5, 0.6) is 0 Å². The van der Waals surface area contributed by atoms with Crippen LogP contribution in [0.1, 0.15) is 6.92 Å². The van der Waals surface area contributed by atoms with Gasteiger partial charge in [0.25, 0.3) is 6.08 Å². The average molecular weight is 214 g/mol. The first-order chi connectivity index (χ1) is 4.15. The highest BCUT2D eigenvalue weighted by molar-refractivity contribution is 4.57. The van der Waals surface area contributed by atoms with E-state index in [1.807, 2.05) is 6.92 Å². The van der Waals surface area contributed by atoms with Crippen molar-refractivity contribution in [3.05, 3.63) is 38.5 Å². The lowest BCUT2D eigenvalue weighted by molar-refractivity contribution is 0.426. The number of rotatable bonds is 0. The van der Waals surface area contributed by atoms with Crippen molar-refractivity contribution in [3.63, 3.8) is 0 Å². The number of hydrogen-bond acceptors (Lipinski definition) is 0. The van der Waals surface area contributed by atoms with Gasteiger partial charge in [-0.1, -0.05) is 6.08 Å². The zero-order valence-corrected chi connectivity index (χ0v) is 7.29. The summed E-state index contributed by atoms with van der Waals surface area (Å²) in [5.74, 6) is 0. The van der Waals surface area contributed by atoms with Gasteiger partial charge in [0.2, 0.25) is 0 Å².